The summed E-state index contributed by atoms with van der Waals surface area (Å²) in [5.41, 5.74) is 0.863. The summed E-state index contributed by atoms with van der Waals surface area (Å²) >= 11 is 5.53. The average Bonchev–Trinajstić information content (AvgIpc) is 2.57. The second kappa shape index (κ2) is 7.78. The Balaban J connectivity index is 2.17. The molecule has 0 aliphatic rings. The molecule has 0 heterocycles. The summed E-state index contributed by atoms with van der Waals surface area (Å²) in [4.78, 5) is 24.2. The SMILES string of the molecule is CCc1cccc(C)c1NC(=O)C(=O)Nc1ccc(Cl)c(C(F)(F)F)c1. The lowest BCUT2D eigenvalue weighted by atomic mass is 10.1. The maximum absolute atomic E-state index is 12.9. The van der Waals surface area contributed by atoms with Gasteiger partial charge in [0, 0.05) is 11.4 Å². The quantitative estimate of drug-likeness (QED) is 0.746. The number of carbonyl (C=O) groups excluding carboxylic acids is 2. The molecule has 0 aliphatic heterocycles. The van der Waals surface area contributed by atoms with Crippen LogP contribution in [0.1, 0.15) is 23.6 Å². The average molecular weight is 385 g/mol. The third-order valence-electron chi connectivity index (χ3n) is 3.71. The molecule has 26 heavy (non-hydrogen) atoms. The number of alkyl halides is 3. The van der Waals surface area contributed by atoms with Gasteiger partial charge in [-0.15, -0.1) is 0 Å². The van der Waals surface area contributed by atoms with Gasteiger partial charge in [0.05, 0.1) is 10.6 Å². The van der Waals surface area contributed by atoms with E-state index in [0.717, 1.165) is 17.2 Å². The first-order valence-corrected chi connectivity index (χ1v) is 8.08. The molecule has 0 atom stereocenters. The van der Waals surface area contributed by atoms with E-state index < -0.39 is 28.6 Å². The highest BCUT2D eigenvalue weighted by molar-refractivity contribution is 6.43. The van der Waals surface area contributed by atoms with E-state index >= 15 is 0 Å². The maximum atomic E-state index is 12.9. The number of para-hydroxylation sites is 1. The first kappa shape index (κ1) is 19.8. The highest BCUT2D eigenvalue weighted by atomic mass is 35.5. The molecule has 2 aromatic carbocycles. The maximum Gasteiger partial charge on any atom is 0.417 e. The summed E-state index contributed by atoms with van der Waals surface area (Å²) in [6, 6.07) is 8.30. The molecule has 2 amide bonds. The summed E-state index contributed by atoms with van der Waals surface area (Å²) in [5, 5.41) is 4.16. The van der Waals surface area contributed by atoms with Crippen molar-refractivity contribution in [1.29, 1.82) is 0 Å². The lowest BCUT2D eigenvalue weighted by Crippen LogP contribution is -2.29. The van der Waals surface area contributed by atoms with Gasteiger partial charge >= 0.3 is 18.0 Å². The molecule has 0 saturated heterocycles. The molecule has 4 nitrogen and oxygen atoms in total. The number of benzene rings is 2. The van der Waals surface area contributed by atoms with Crippen LogP contribution in [-0.4, -0.2) is 11.8 Å². The number of carbonyl (C=O) groups is 2. The van der Waals surface area contributed by atoms with Crippen LogP contribution in [0.15, 0.2) is 36.4 Å². The predicted octanol–water partition coefficient (Wildman–Crippen LogP) is 4.81. The summed E-state index contributed by atoms with van der Waals surface area (Å²) < 4.78 is 38.6. The predicted molar refractivity (Wildman–Crippen MR) is 94.3 cm³/mol. The van der Waals surface area contributed by atoms with E-state index in [-0.39, 0.29) is 5.69 Å². The van der Waals surface area contributed by atoms with Gasteiger partial charge in [-0.25, -0.2) is 0 Å². The van der Waals surface area contributed by atoms with Crippen molar-refractivity contribution in [2.45, 2.75) is 26.4 Å². The number of halogens is 4. The second-order valence-electron chi connectivity index (χ2n) is 5.56. The van der Waals surface area contributed by atoms with Crippen molar-refractivity contribution in [2.24, 2.45) is 0 Å². The Labute approximate surface area is 153 Å². The molecule has 0 fully saturated rings. The van der Waals surface area contributed by atoms with Crippen molar-refractivity contribution in [3.63, 3.8) is 0 Å². The molecule has 138 valence electrons. The number of hydrogen-bond donors (Lipinski definition) is 2. The van der Waals surface area contributed by atoms with Crippen molar-refractivity contribution >= 4 is 34.8 Å². The molecular weight excluding hydrogens is 369 g/mol. The van der Waals surface area contributed by atoms with Crippen molar-refractivity contribution in [3.8, 4) is 0 Å². The van der Waals surface area contributed by atoms with Gasteiger partial charge in [0.25, 0.3) is 0 Å². The smallest absolute Gasteiger partial charge is 0.318 e. The van der Waals surface area contributed by atoms with Crippen LogP contribution in [0.3, 0.4) is 0 Å². The Morgan fingerprint density at radius 2 is 1.73 bits per heavy atom. The van der Waals surface area contributed by atoms with Crippen LogP contribution < -0.4 is 10.6 Å². The minimum atomic E-state index is -4.67. The van der Waals surface area contributed by atoms with Crippen LogP contribution in [0.5, 0.6) is 0 Å². The summed E-state index contributed by atoms with van der Waals surface area (Å²) in [7, 11) is 0. The van der Waals surface area contributed by atoms with Gasteiger partial charge in [0.1, 0.15) is 0 Å². The van der Waals surface area contributed by atoms with E-state index in [1.54, 1.807) is 13.0 Å². The highest BCUT2D eigenvalue weighted by Crippen LogP contribution is 2.36. The molecule has 2 aromatic rings. The Kier molecular flexibility index (Phi) is 5.92. The molecule has 0 aromatic heterocycles. The lowest BCUT2D eigenvalue weighted by Gasteiger charge is -2.14. The first-order valence-electron chi connectivity index (χ1n) is 7.71. The Bertz CT molecular complexity index is 851. The van der Waals surface area contributed by atoms with E-state index in [4.69, 9.17) is 11.6 Å². The molecule has 0 radical (unpaired) electrons. The zero-order chi connectivity index (χ0) is 19.5. The second-order valence-corrected chi connectivity index (χ2v) is 5.97. The van der Waals surface area contributed by atoms with Crippen molar-refractivity contribution < 1.29 is 22.8 Å². The fourth-order valence-electron chi connectivity index (χ4n) is 2.38. The molecular formula is C18H16ClF3N2O2. The number of aryl methyl sites for hydroxylation is 2. The number of amides is 2. The number of nitrogens with one attached hydrogen (secondary N) is 2. The molecule has 0 aliphatic carbocycles. The largest absolute Gasteiger partial charge is 0.417 e. The van der Waals surface area contributed by atoms with Crippen LogP contribution in [0, 0.1) is 6.92 Å². The van der Waals surface area contributed by atoms with Crippen LogP contribution in [0.4, 0.5) is 24.5 Å². The van der Waals surface area contributed by atoms with Crippen molar-refractivity contribution in [1.82, 2.24) is 0 Å². The number of rotatable bonds is 3. The standard InChI is InChI=1S/C18H16ClF3N2O2/c1-3-11-6-4-5-10(2)15(11)24-17(26)16(25)23-12-7-8-14(19)13(9-12)18(20,21)22/h4-9H,3H2,1-2H3,(H,23,25)(H,24,26). The zero-order valence-corrected chi connectivity index (χ0v) is 14.8. The topological polar surface area (TPSA) is 58.2 Å². The van der Waals surface area contributed by atoms with E-state index in [0.29, 0.717) is 18.2 Å². The molecule has 8 heteroatoms. The summed E-state index contributed by atoms with van der Waals surface area (Å²) in [6.45, 7) is 3.68. The molecule has 0 bridgehead atoms. The van der Waals surface area contributed by atoms with Gasteiger partial charge in [-0.1, -0.05) is 36.7 Å². The normalized spacial score (nSPS) is 11.2. The van der Waals surface area contributed by atoms with Crippen LogP contribution in [0.25, 0.3) is 0 Å². The monoisotopic (exact) mass is 384 g/mol. The van der Waals surface area contributed by atoms with E-state index in [9.17, 15) is 22.8 Å². The van der Waals surface area contributed by atoms with E-state index in [1.807, 2.05) is 19.1 Å². The first-order chi connectivity index (χ1) is 12.1. The van der Waals surface area contributed by atoms with Crippen LogP contribution in [0.2, 0.25) is 5.02 Å². The van der Waals surface area contributed by atoms with Crippen LogP contribution >= 0.6 is 11.6 Å². The third-order valence-corrected chi connectivity index (χ3v) is 4.04. The number of hydrogen-bond acceptors (Lipinski definition) is 2. The lowest BCUT2D eigenvalue weighted by molar-refractivity contribution is -0.137. The minimum absolute atomic E-state index is 0.178. The van der Waals surface area contributed by atoms with E-state index in [1.165, 1.54) is 6.07 Å². The minimum Gasteiger partial charge on any atom is -0.318 e. The fraction of sp³-hybridized carbons (Fsp3) is 0.222. The molecule has 0 spiro atoms. The van der Waals surface area contributed by atoms with Gasteiger partial charge in [0.15, 0.2) is 0 Å². The van der Waals surface area contributed by atoms with Crippen molar-refractivity contribution in [2.75, 3.05) is 10.6 Å². The van der Waals surface area contributed by atoms with Gasteiger partial charge in [-0.05, 0) is 42.7 Å². The van der Waals surface area contributed by atoms with E-state index in [2.05, 4.69) is 10.6 Å². The molecule has 2 rings (SSSR count). The highest BCUT2D eigenvalue weighted by Gasteiger charge is 2.33. The van der Waals surface area contributed by atoms with Crippen LogP contribution in [-0.2, 0) is 22.2 Å². The van der Waals surface area contributed by atoms with Gasteiger partial charge in [-0.3, -0.25) is 9.59 Å². The van der Waals surface area contributed by atoms with Gasteiger partial charge < -0.3 is 10.6 Å². The Morgan fingerprint density at radius 3 is 2.35 bits per heavy atom. The van der Waals surface area contributed by atoms with Gasteiger partial charge in [-0.2, -0.15) is 13.2 Å². The zero-order valence-electron chi connectivity index (χ0n) is 14.0. The molecule has 0 unspecified atom stereocenters. The Morgan fingerprint density at radius 1 is 1.08 bits per heavy atom. The fourth-order valence-corrected chi connectivity index (χ4v) is 2.61. The third kappa shape index (κ3) is 4.54. The molecule has 0 saturated carbocycles. The Hall–Kier alpha value is -2.54. The van der Waals surface area contributed by atoms with Crippen molar-refractivity contribution in [3.05, 3.63) is 58.1 Å². The number of anilines is 2. The summed E-state index contributed by atoms with van der Waals surface area (Å²) in [5.74, 6) is -2.05. The van der Waals surface area contributed by atoms with Gasteiger partial charge in [0.2, 0.25) is 0 Å². The summed E-state index contributed by atoms with van der Waals surface area (Å²) in [6.07, 6.45) is -4.03. The molecule has 2 N–H and O–H groups in total.